The number of rotatable bonds is 16. The third-order valence-corrected chi connectivity index (χ3v) is 13.4. The molecule has 4 amide bonds. The topological polar surface area (TPSA) is 206 Å². The number of carbonyl (C=O) groups excluding carboxylic acids is 4. The van der Waals surface area contributed by atoms with E-state index in [9.17, 15) is 24.3 Å². The van der Waals surface area contributed by atoms with E-state index in [0.29, 0.717) is 76.0 Å². The van der Waals surface area contributed by atoms with Gasteiger partial charge < -0.3 is 39.3 Å². The highest BCUT2D eigenvalue weighted by molar-refractivity contribution is 7.13. The fourth-order valence-electron chi connectivity index (χ4n) is 7.71. The summed E-state index contributed by atoms with van der Waals surface area (Å²) in [4.78, 5) is 59.3. The number of aliphatic hydroxyl groups excluding tert-OH is 1. The van der Waals surface area contributed by atoms with Gasteiger partial charge in [0.1, 0.15) is 17.4 Å². The molecule has 2 fully saturated rings. The smallest absolute Gasteiger partial charge is 0.233 e. The van der Waals surface area contributed by atoms with E-state index in [1.807, 2.05) is 87.8 Å². The number of aromatic nitrogens is 4. The molecule has 71 heavy (non-hydrogen) atoms. The molecule has 3 N–H and O–H groups in total. The molecule has 6 aromatic rings. The molecule has 0 aliphatic carbocycles. The molecule has 2 aromatic carbocycles. The maximum absolute atomic E-state index is 12.9. The molecule has 6 heterocycles. The first-order valence-electron chi connectivity index (χ1n) is 24.3. The van der Waals surface area contributed by atoms with Gasteiger partial charge in [-0.05, 0) is 74.6 Å². The molecule has 0 saturated carbocycles. The molecule has 3 unspecified atom stereocenters. The first-order chi connectivity index (χ1) is 34.2. The number of aliphatic hydroxyl groups is 1. The van der Waals surface area contributed by atoms with Gasteiger partial charge in [0.05, 0.1) is 62.2 Å². The Labute approximate surface area is 426 Å². The number of thiazole rings is 2. The minimum absolute atomic E-state index is 0.0114. The van der Waals surface area contributed by atoms with Crippen molar-refractivity contribution >= 4 is 47.3 Å². The van der Waals surface area contributed by atoms with E-state index >= 15 is 0 Å². The zero-order valence-corrected chi connectivity index (χ0v) is 44.5. The van der Waals surface area contributed by atoms with E-state index in [1.54, 1.807) is 33.6 Å². The third kappa shape index (κ3) is 17.9. The summed E-state index contributed by atoms with van der Waals surface area (Å²) in [6, 6.07) is 20.0. The maximum Gasteiger partial charge on any atom is 0.233 e. The van der Waals surface area contributed by atoms with E-state index < -0.39 is 0 Å². The standard InChI is InChI=1S/C17H28N2O3.2C12H12N2OS.C10H14N2O3.C2H6/c1-6-21-13-7-8-19(10-13)17(20)16(12(4)5)15-9-14(11(2)3)18-22-15;2*1-9-12(16-8-14-9)11-4-2-10(3-5-11)6-13-7-15;1-7-4-9(15-11-7)5-10(14)12-3-2-8(13)6-12;1-2/h9,11-13,16H,6-8,10H2,1-5H3;2*2-5,7-8H,6H2,1H3,(H,13,15);4,8,13H,2-3,5-6H2,1H3;1-2H3. The van der Waals surface area contributed by atoms with Gasteiger partial charge in [0.15, 0.2) is 0 Å². The van der Waals surface area contributed by atoms with Gasteiger partial charge in [-0.2, -0.15) is 0 Å². The summed E-state index contributed by atoms with van der Waals surface area (Å²) in [6.45, 7) is 24.4. The van der Waals surface area contributed by atoms with Crippen LogP contribution in [0, 0.1) is 26.7 Å². The van der Waals surface area contributed by atoms with Crippen LogP contribution in [-0.4, -0.2) is 105 Å². The number of aryl methyl sites for hydroxylation is 3. The lowest BCUT2D eigenvalue weighted by Gasteiger charge is -2.24. The average molecular weight is 1010 g/mol. The highest BCUT2D eigenvalue weighted by Crippen LogP contribution is 2.31. The predicted octanol–water partition coefficient (Wildman–Crippen LogP) is 9.05. The Morgan fingerprint density at radius 2 is 1.34 bits per heavy atom. The molecule has 0 spiro atoms. The van der Waals surface area contributed by atoms with E-state index in [4.69, 9.17) is 13.8 Å². The van der Waals surface area contributed by atoms with Crippen LogP contribution in [0.1, 0.15) is 119 Å². The lowest BCUT2D eigenvalue weighted by Crippen LogP contribution is -2.36. The van der Waals surface area contributed by atoms with Crippen molar-refractivity contribution in [1.82, 2.24) is 40.7 Å². The number of nitrogens with one attached hydrogen (secondary N) is 2. The summed E-state index contributed by atoms with van der Waals surface area (Å²) in [6.07, 6.45) is 3.03. The van der Waals surface area contributed by atoms with E-state index in [0.717, 1.165) is 46.9 Å². The van der Waals surface area contributed by atoms with Crippen LogP contribution in [-0.2, 0) is 43.4 Å². The zero-order valence-electron chi connectivity index (χ0n) is 42.8. The molecule has 384 valence electrons. The number of ether oxygens (including phenoxy) is 1. The van der Waals surface area contributed by atoms with Crippen LogP contribution in [0.25, 0.3) is 20.9 Å². The Bertz CT molecular complexity index is 2410. The van der Waals surface area contributed by atoms with Crippen molar-refractivity contribution in [2.75, 3.05) is 32.8 Å². The van der Waals surface area contributed by atoms with Gasteiger partial charge in [-0.25, -0.2) is 9.97 Å². The van der Waals surface area contributed by atoms with Crippen molar-refractivity contribution in [3.8, 4) is 20.9 Å². The lowest BCUT2D eigenvalue weighted by atomic mass is 9.91. The van der Waals surface area contributed by atoms with Gasteiger partial charge in [-0.3, -0.25) is 19.2 Å². The number of β-amino-alcohol motifs (C(OH)–C–C–N with tert-alkyl or cyclic N) is 1. The summed E-state index contributed by atoms with van der Waals surface area (Å²) >= 11 is 3.29. The fraction of sp³-hybridized carbons (Fsp3) is 0.472. The highest BCUT2D eigenvalue weighted by Gasteiger charge is 2.36. The van der Waals surface area contributed by atoms with Gasteiger partial charge in [-0.1, -0.05) is 100 Å². The van der Waals surface area contributed by atoms with Crippen molar-refractivity contribution in [2.24, 2.45) is 5.92 Å². The number of hydrogen-bond acceptors (Lipinski definition) is 14. The summed E-state index contributed by atoms with van der Waals surface area (Å²) < 4.78 is 16.1. The molecule has 2 aliphatic heterocycles. The van der Waals surface area contributed by atoms with Gasteiger partial charge in [0.25, 0.3) is 0 Å². The van der Waals surface area contributed by atoms with Crippen molar-refractivity contribution in [2.45, 2.75) is 126 Å². The second-order valence-electron chi connectivity index (χ2n) is 17.5. The van der Waals surface area contributed by atoms with Crippen LogP contribution in [0.3, 0.4) is 0 Å². The second-order valence-corrected chi connectivity index (χ2v) is 19.2. The number of carbonyl (C=O) groups is 4. The lowest BCUT2D eigenvalue weighted by molar-refractivity contribution is -0.134. The molecule has 18 heteroatoms. The molecular weight excluding hydrogens is 941 g/mol. The first-order valence-corrected chi connectivity index (χ1v) is 26.0. The summed E-state index contributed by atoms with van der Waals surface area (Å²) in [5.74, 6) is 1.59. The van der Waals surface area contributed by atoms with Crippen molar-refractivity contribution in [3.63, 3.8) is 0 Å². The molecular formula is C53H72N8O8S2. The van der Waals surface area contributed by atoms with Crippen LogP contribution in [0.5, 0.6) is 0 Å². The maximum atomic E-state index is 12.9. The Balaban J connectivity index is 0.000000205. The van der Waals surface area contributed by atoms with Gasteiger partial charge in [0.2, 0.25) is 24.6 Å². The monoisotopic (exact) mass is 1010 g/mol. The largest absolute Gasteiger partial charge is 0.391 e. The molecule has 16 nitrogen and oxygen atoms in total. The Kier molecular flexibility index (Phi) is 24.3. The number of hydrogen-bond donors (Lipinski definition) is 3. The normalized spacial score (nSPS) is 15.3. The summed E-state index contributed by atoms with van der Waals surface area (Å²) in [7, 11) is 0. The Hall–Kier alpha value is -6.08. The van der Waals surface area contributed by atoms with Crippen LogP contribution < -0.4 is 10.6 Å². The minimum atomic E-state index is -0.370. The number of amides is 4. The zero-order chi connectivity index (χ0) is 51.9. The van der Waals surface area contributed by atoms with E-state index in [1.165, 1.54) is 20.9 Å². The second kappa shape index (κ2) is 29.9. The first kappa shape index (κ1) is 57.5. The van der Waals surface area contributed by atoms with Crippen LogP contribution >= 0.6 is 22.7 Å². The van der Waals surface area contributed by atoms with Crippen LogP contribution in [0.15, 0.2) is 80.7 Å². The van der Waals surface area contributed by atoms with Crippen LogP contribution in [0.4, 0.5) is 0 Å². The minimum Gasteiger partial charge on any atom is -0.391 e. The molecule has 3 atom stereocenters. The van der Waals surface area contributed by atoms with Crippen molar-refractivity contribution in [3.05, 3.63) is 117 Å². The van der Waals surface area contributed by atoms with Gasteiger partial charge >= 0.3 is 0 Å². The molecule has 0 radical (unpaired) electrons. The molecule has 8 rings (SSSR count). The summed E-state index contributed by atoms with van der Waals surface area (Å²) in [5, 5.41) is 22.4. The number of benzene rings is 2. The van der Waals surface area contributed by atoms with Crippen LogP contribution in [0.2, 0.25) is 0 Å². The molecule has 4 aromatic heterocycles. The van der Waals surface area contributed by atoms with E-state index in [2.05, 4.69) is 82.9 Å². The van der Waals surface area contributed by atoms with Gasteiger partial charge in [0, 0.05) is 58.0 Å². The van der Waals surface area contributed by atoms with Crippen molar-refractivity contribution < 1.29 is 38.1 Å². The fourth-order valence-corrected chi connectivity index (χ4v) is 9.33. The molecule has 0 bridgehead atoms. The molecule has 2 aliphatic rings. The average Bonchev–Trinajstić information content (AvgIpc) is 4.25. The number of likely N-dealkylation sites (tertiary alicyclic amines) is 2. The summed E-state index contributed by atoms with van der Waals surface area (Å²) in [5.41, 5.74) is 12.0. The Morgan fingerprint density at radius 1 is 0.789 bits per heavy atom. The van der Waals surface area contributed by atoms with Crippen molar-refractivity contribution in [1.29, 1.82) is 0 Å². The van der Waals surface area contributed by atoms with E-state index in [-0.39, 0.29) is 42.3 Å². The quantitative estimate of drug-likeness (QED) is 0.0777. The SMILES string of the molecule is CC.CCOC1CCN(C(=O)C(c2cc(C(C)C)no2)C(C)C)C1.Cc1cc(CC(=O)N2CCC(O)C2)on1.Cc1ncsc1-c1ccc(CNC=O)cc1.Cc1ncsc1-c1ccc(CNC=O)cc1. The number of nitrogens with zero attached hydrogens (tertiary/aromatic N) is 6. The highest BCUT2D eigenvalue weighted by atomic mass is 32.1. The predicted molar refractivity (Wildman–Crippen MR) is 279 cm³/mol. The Morgan fingerprint density at radius 3 is 1.75 bits per heavy atom. The van der Waals surface area contributed by atoms with Gasteiger partial charge in [-0.15, -0.1) is 22.7 Å². The molecule has 2 saturated heterocycles. The third-order valence-electron chi connectivity index (χ3n) is 11.5.